The van der Waals surface area contributed by atoms with Crippen molar-refractivity contribution in [2.75, 3.05) is 5.32 Å². The summed E-state index contributed by atoms with van der Waals surface area (Å²) in [6.07, 6.45) is 0. The van der Waals surface area contributed by atoms with Crippen LogP contribution in [0.4, 0.5) is 15.3 Å². The summed E-state index contributed by atoms with van der Waals surface area (Å²) in [6, 6.07) is 10.1. The zero-order chi connectivity index (χ0) is 15.9. The predicted molar refractivity (Wildman–Crippen MR) is 87.8 cm³/mol. The van der Waals surface area contributed by atoms with Gasteiger partial charge in [0.25, 0.3) is 0 Å². The zero-order valence-electron chi connectivity index (χ0n) is 12.1. The molecular formula is C15H18N4O2S. The summed E-state index contributed by atoms with van der Waals surface area (Å²) >= 11 is 1.60. The van der Waals surface area contributed by atoms with Gasteiger partial charge in [-0.1, -0.05) is 18.2 Å². The SMILES string of the molecule is C[C@@H](NC(=O)NCc1cccs1)c1ccc(NC(N)=O)cc1. The van der Waals surface area contributed by atoms with Crippen molar-refractivity contribution >= 4 is 29.1 Å². The van der Waals surface area contributed by atoms with Gasteiger partial charge in [0.1, 0.15) is 0 Å². The molecule has 0 radical (unpaired) electrons. The second kappa shape index (κ2) is 7.46. The Labute approximate surface area is 132 Å². The molecule has 0 aliphatic carbocycles. The second-order valence-electron chi connectivity index (χ2n) is 4.74. The maximum Gasteiger partial charge on any atom is 0.316 e. The van der Waals surface area contributed by atoms with Crippen LogP contribution >= 0.6 is 11.3 Å². The lowest BCUT2D eigenvalue weighted by atomic mass is 10.1. The minimum Gasteiger partial charge on any atom is -0.351 e. The number of benzene rings is 1. The molecule has 4 amide bonds. The van der Waals surface area contributed by atoms with Crippen LogP contribution in [0.15, 0.2) is 41.8 Å². The maximum absolute atomic E-state index is 11.8. The van der Waals surface area contributed by atoms with Crippen LogP contribution in [0.2, 0.25) is 0 Å². The Morgan fingerprint density at radius 1 is 1.23 bits per heavy atom. The first-order chi connectivity index (χ1) is 10.5. The zero-order valence-corrected chi connectivity index (χ0v) is 12.9. The molecule has 0 fully saturated rings. The third-order valence-electron chi connectivity index (χ3n) is 3.03. The van der Waals surface area contributed by atoms with Gasteiger partial charge in [-0.2, -0.15) is 0 Å². The van der Waals surface area contributed by atoms with Crippen LogP contribution < -0.4 is 21.7 Å². The van der Waals surface area contributed by atoms with E-state index in [-0.39, 0.29) is 12.1 Å². The summed E-state index contributed by atoms with van der Waals surface area (Å²) < 4.78 is 0. The van der Waals surface area contributed by atoms with Gasteiger partial charge in [0.05, 0.1) is 12.6 Å². The fourth-order valence-corrected chi connectivity index (χ4v) is 2.55. The summed E-state index contributed by atoms with van der Waals surface area (Å²) in [6.45, 7) is 2.40. The van der Waals surface area contributed by atoms with E-state index in [1.54, 1.807) is 23.5 Å². The van der Waals surface area contributed by atoms with E-state index in [0.29, 0.717) is 12.2 Å². The van der Waals surface area contributed by atoms with Gasteiger partial charge in [0.2, 0.25) is 0 Å². The van der Waals surface area contributed by atoms with E-state index in [0.717, 1.165) is 10.4 Å². The molecule has 0 bridgehead atoms. The molecule has 0 aliphatic rings. The van der Waals surface area contributed by atoms with E-state index in [9.17, 15) is 9.59 Å². The quantitative estimate of drug-likeness (QED) is 0.682. The van der Waals surface area contributed by atoms with E-state index >= 15 is 0 Å². The van der Waals surface area contributed by atoms with Crippen LogP contribution in [0.25, 0.3) is 0 Å². The van der Waals surface area contributed by atoms with Crippen molar-refractivity contribution in [3.8, 4) is 0 Å². The Balaban J connectivity index is 1.84. The third kappa shape index (κ3) is 4.78. The molecule has 0 saturated heterocycles. The number of carbonyl (C=O) groups excluding carboxylic acids is 2. The van der Waals surface area contributed by atoms with Crippen molar-refractivity contribution in [1.29, 1.82) is 0 Å². The van der Waals surface area contributed by atoms with Crippen LogP contribution in [-0.4, -0.2) is 12.1 Å². The number of nitrogens with two attached hydrogens (primary N) is 1. The first-order valence-corrected chi connectivity index (χ1v) is 7.65. The topological polar surface area (TPSA) is 96.2 Å². The summed E-state index contributed by atoms with van der Waals surface area (Å²) in [4.78, 5) is 23.7. The minimum atomic E-state index is -0.605. The first-order valence-electron chi connectivity index (χ1n) is 6.78. The molecule has 1 atom stereocenters. The largest absolute Gasteiger partial charge is 0.351 e. The molecule has 116 valence electrons. The molecule has 0 aliphatic heterocycles. The summed E-state index contributed by atoms with van der Waals surface area (Å²) in [5, 5.41) is 10.1. The monoisotopic (exact) mass is 318 g/mol. The highest BCUT2D eigenvalue weighted by Gasteiger charge is 2.09. The third-order valence-corrected chi connectivity index (χ3v) is 3.91. The molecule has 22 heavy (non-hydrogen) atoms. The molecule has 1 aromatic carbocycles. The number of carbonyl (C=O) groups is 2. The van der Waals surface area contributed by atoms with Crippen molar-refractivity contribution in [1.82, 2.24) is 10.6 Å². The van der Waals surface area contributed by atoms with E-state index in [1.807, 2.05) is 36.6 Å². The highest BCUT2D eigenvalue weighted by atomic mass is 32.1. The van der Waals surface area contributed by atoms with Gasteiger partial charge in [-0.15, -0.1) is 11.3 Å². The Kier molecular flexibility index (Phi) is 5.37. The number of primary amides is 1. The Morgan fingerprint density at radius 2 is 1.95 bits per heavy atom. The predicted octanol–water partition coefficient (Wildman–Crippen LogP) is 2.80. The fourth-order valence-electron chi connectivity index (χ4n) is 1.91. The number of rotatable bonds is 5. The lowest BCUT2D eigenvalue weighted by Gasteiger charge is -2.15. The summed E-state index contributed by atoms with van der Waals surface area (Å²) in [5.74, 6) is 0. The summed E-state index contributed by atoms with van der Waals surface area (Å²) in [7, 11) is 0. The normalized spacial score (nSPS) is 11.5. The number of urea groups is 2. The van der Waals surface area contributed by atoms with E-state index in [4.69, 9.17) is 5.73 Å². The molecule has 2 aromatic rings. The van der Waals surface area contributed by atoms with Gasteiger partial charge in [0, 0.05) is 10.6 Å². The Bertz CT molecular complexity index is 626. The molecule has 0 spiro atoms. The summed E-state index contributed by atoms with van der Waals surface area (Å²) in [5.41, 5.74) is 6.60. The van der Waals surface area contributed by atoms with Gasteiger partial charge in [0.15, 0.2) is 0 Å². The van der Waals surface area contributed by atoms with Crippen molar-refractivity contribution in [2.45, 2.75) is 19.5 Å². The van der Waals surface area contributed by atoms with Crippen LogP contribution in [-0.2, 0) is 6.54 Å². The fraction of sp³-hybridized carbons (Fsp3) is 0.200. The molecule has 5 N–H and O–H groups in total. The molecule has 7 heteroatoms. The van der Waals surface area contributed by atoms with E-state index in [1.165, 1.54) is 0 Å². The van der Waals surface area contributed by atoms with Crippen LogP contribution in [0, 0.1) is 0 Å². The molecule has 1 heterocycles. The standard InChI is InChI=1S/C15H18N4O2S/c1-10(11-4-6-12(7-5-11)19-14(16)20)18-15(21)17-9-13-3-2-8-22-13/h2-8,10H,9H2,1H3,(H3,16,19,20)(H2,17,18,21)/t10-/m1/s1. The molecule has 0 saturated carbocycles. The maximum atomic E-state index is 11.8. The van der Waals surface area contributed by atoms with Gasteiger partial charge >= 0.3 is 12.1 Å². The average molecular weight is 318 g/mol. The lowest BCUT2D eigenvalue weighted by molar-refractivity contribution is 0.237. The number of hydrogen-bond acceptors (Lipinski definition) is 3. The van der Waals surface area contributed by atoms with Crippen molar-refractivity contribution in [2.24, 2.45) is 5.73 Å². The molecule has 1 aromatic heterocycles. The van der Waals surface area contributed by atoms with Crippen molar-refractivity contribution in [3.05, 3.63) is 52.2 Å². The Morgan fingerprint density at radius 3 is 2.55 bits per heavy atom. The first kappa shape index (κ1) is 15.8. The molecule has 6 nitrogen and oxygen atoms in total. The van der Waals surface area contributed by atoms with Crippen molar-refractivity contribution in [3.63, 3.8) is 0 Å². The average Bonchev–Trinajstić information content (AvgIpc) is 2.98. The number of anilines is 1. The van der Waals surface area contributed by atoms with Gasteiger partial charge < -0.3 is 21.7 Å². The van der Waals surface area contributed by atoms with E-state index < -0.39 is 6.03 Å². The van der Waals surface area contributed by atoms with E-state index in [2.05, 4.69) is 16.0 Å². The molecular weight excluding hydrogens is 300 g/mol. The van der Waals surface area contributed by atoms with Crippen LogP contribution in [0.1, 0.15) is 23.4 Å². The van der Waals surface area contributed by atoms with Gasteiger partial charge in [-0.3, -0.25) is 0 Å². The number of hydrogen-bond donors (Lipinski definition) is 4. The molecule has 0 unspecified atom stereocenters. The van der Waals surface area contributed by atoms with Crippen molar-refractivity contribution < 1.29 is 9.59 Å². The smallest absolute Gasteiger partial charge is 0.316 e. The van der Waals surface area contributed by atoms with Gasteiger partial charge in [-0.05, 0) is 36.1 Å². The number of amides is 4. The van der Waals surface area contributed by atoms with Crippen LogP contribution in [0.3, 0.4) is 0 Å². The highest BCUT2D eigenvalue weighted by Crippen LogP contribution is 2.16. The van der Waals surface area contributed by atoms with Crippen LogP contribution in [0.5, 0.6) is 0 Å². The Hall–Kier alpha value is -2.54. The second-order valence-corrected chi connectivity index (χ2v) is 5.77. The van der Waals surface area contributed by atoms with Gasteiger partial charge in [-0.25, -0.2) is 9.59 Å². The number of nitrogens with one attached hydrogen (secondary N) is 3. The molecule has 2 rings (SSSR count). The highest BCUT2D eigenvalue weighted by molar-refractivity contribution is 7.09. The number of thiophene rings is 1. The lowest BCUT2D eigenvalue weighted by Crippen LogP contribution is -2.36. The minimum absolute atomic E-state index is 0.147.